The van der Waals surface area contributed by atoms with Crippen LogP contribution in [0.15, 0.2) is 0 Å². The highest BCUT2D eigenvalue weighted by molar-refractivity contribution is 7.89. The lowest BCUT2D eigenvalue weighted by Crippen LogP contribution is -2.33. The number of sulfonamides is 1. The van der Waals surface area contributed by atoms with Gasteiger partial charge in [-0.15, -0.1) is 0 Å². The molecular weight excluding hydrogens is 262 g/mol. The Morgan fingerprint density at radius 1 is 1.17 bits per heavy atom. The summed E-state index contributed by atoms with van der Waals surface area (Å²) in [5, 5.41) is 4.01. The van der Waals surface area contributed by atoms with Crippen LogP contribution in [-0.4, -0.2) is 41.1 Å². The van der Waals surface area contributed by atoms with E-state index in [1.807, 2.05) is 0 Å². The molecular formula is C7H11N7O3S. The van der Waals surface area contributed by atoms with E-state index in [9.17, 15) is 13.2 Å². The van der Waals surface area contributed by atoms with Crippen LogP contribution in [0.25, 0.3) is 0 Å². The first-order chi connectivity index (χ1) is 8.27. The van der Waals surface area contributed by atoms with Crippen LogP contribution in [-0.2, 0) is 14.8 Å². The fourth-order valence-electron chi connectivity index (χ4n) is 1.61. The van der Waals surface area contributed by atoms with Gasteiger partial charge in [0.2, 0.25) is 33.8 Å². The van der Waals surface area contributed by atoms with Crippen LogP contribution in [0, 0.1) is 0 Å². The number of rotatable bonds is 2. The summed E-state index contributed by atoms with van der Waals surface area (Å²) in [7, 11) is -3.79. The van der Waals surface area contributed by atoms with Gasteiger partial charge in [-0.1, -0.05) is 0 Å². The number of anilines is 3. The first-order valence-electron chi connectivity index (χ1n) is 4.86. The average Bonchev–Trinajstić information content (AvgIpc) is 2.58. The van der Waals surface area contributed by atoms with Crippen molar-refractivity contribution in [1.82, 2.24) is 15.0 Å². The molecule has 0 bridgehead atoms. The number of nitrogens with zero attached hydrogens (tertiary/aromatic N) is 4. The highest BCUT2D eigenvalue weighted by Gasteiger charge is 2.38. The van der Waals surface area contributed by atoms with E-state index in [2.05, 4.69) is 15.0 Å². The Labute approximate surface area is 102 Å². The molecule has 0 spiro atoms. The third-order valence-electron chi connectivity index (χ3n) is 2.45. The molecule has 98 valence electrons. The van der Waals surface area contributed by atoms with Gasteiger partial charge in [0.1, 0.15) is 5.25 Å². The summed E-state index contributed by atoms with van der Waals surface area (Å²) in [6.07, 6.45) is -0.218. The summed E-state index contributed by atoms with van der Waals surface area (Å²) in [4.78, 5) is 23.8. The fourth-order valence-corrected chi connectivity index (χ4v) is 2.34. The van der Waals surface area contributed by atoms with E-state index in [1.165, 1.54) is 0 Å². The predicted octanol–water partition coefficient (Wildman–Crippen LogP) is -2.57. The van der Waals surface area contributed by atoms with Crippen molar-refractivity contribution in [3.63, 3.8) is 0 Å². The lowest BCUT2D eigenvalue weighted by Gasteiger charge is -2.14. The number of aromatic nitrogens is 3. The second-order valence-corrected chi connectivity index (χ2v) is 5.62. The Hall–Kier alpha value is -2.01. The van der Waals surface area contributed by atoms with Crippen molar-refractivity contribution in [2.24, 2.45) is 5.14 Å². The monoisotopic (exact) mass is 273 g/mol. The summed E-state index contributed by atoms with van der Waals surface area (Å²) in [5.74, 6) is -0.830. The van der Waals surface area contributed by atoms with E-state index in [1.54, 1.807) is 0 Å². The lowest BCUT2D eigenvalue weighted by atomic mass is 10.4. The van der Waals surface area contributed by atoms with Crippen LogP contribution in [0.2, 0.25) is 0 Å². The number of amides is 1. The molecule has 1 aromatic heterocycles. The summed E-state index contributed by atoms with van der Waals surface area (Å²) in [6.45, 7) is -0.124. The zero-order valence-electron chi connectivity index (χ0n) is 9.15. The Balaban J connectivity index is 2.32. The van der Waals surface area contributed by atoms with Gasteiger partial charge < -0.3 is 11.5 Å². The van der Waals surface area contributed by atoms with Crippen molar-refractivity contribution >= 4 is 33.8 Å². The van der Waals surface area contributed by atoms with Gasteiger partial charge in [0, 0.05) is 13.0 Å². The third kappa shape index (κ3) is 2.31. The first-order valence-corrected chi connectivity index (χ1v) is 6.47. The maximum atomic E-state index is 11.7. The molecule has 1 amide bonds. The minimum absolute atomic E-state index is 0.0730. The van der Waals surface area contributed by atoms with Crippen LogP contribution >= 0.6 is 0 Å². The molecule has 1 unspecified atom stereocenters. The SMILES string of the molecule is Nc1nc(N)nc(N2CC(S(N)(=O)=O)CC2=O)n1. The normalized spacial score (nSPS) is 20.4. The van der Waals surface area contributed by atoms with Gasteiger partial charge in [-0.3, -0.25) is 9.69 Å². The number of hydrogen-bond acceptors (Lipinski definition) is 8. The summed E-state index contributed by atoms with van der Waals surface area (Å²) < 4.78 is 22.4. The Morgan fingerprint density at radius 3 is 2.17 bits per heavy atom. The maximum absolute atomic E-state index is 11.7. The number of nitrogen functional groups attached to an aromatic ring is 2. The molecule has 0 aliphatic carbocycles. The number of carbonyl (C=O) groups is 1. The van der Waals surface area contributed by atoms with Gasteiger partial charge in [-0.2, -0.15) is 15.0 Å². The second kappa shape index (κ2) is 4.03. The predicted molar refractivity (Wildman–Crippen MR) is 62.5 cm³/mol. The molecule has 0 radical (unpaired) electrons. The minimum atomic E-state index is -3.79. The van der Waals surface area contributed by atoms with E-state index in [-0.39, 0.29) is 30.8 Å². The molecule has 1 aromatic rings. The molecule has 11 heteroatoms. The Bertz CT molecular complexity index is 581. The lowest BCUT2D eigenvalue weighted by molar-refractivity contribution is -0.117. The number of primary sulfonamides is 1. The highest BCUT2D eigenvalue weighted by atomic mass is 32.2. The quantitative estimate of drug-likeness (QED) is 0.527. The molecule has 2 rings (SSSR count). The van der Waals surface area contributed by atoms with Gasteiger partial charge in [0.25, 0.3) is 0 Å². The molecule has 6 N–H and O–H groups in total. The van der Waals surface area contributed by atoms with E-state index >= 15 is 0 Å². The molecule has 1 atom stereocenters. The van der Waals surface area contributed by atoms with Crippen LogP contribution in [0.5, 0.6) is 0 Å². The van der Waals surface area contributed by atoms with Crippen molar-refractivity contribution < 1.29 is 13.2 Å². The van der Waals surface area contributed by atoms with Crippen molar-refractivity contribution in [2.75, 3.05) is 22.9 Å². The first kappa shape index (κ1) is 12.4. The third-order valence-corrected chi connectivity index (χ3v) is 3.70. The van der Waals surface area contributed by atoms with E-state index in [4.69, 9.17) is 16.6 Å². The number of carbonyl (C=O) groups excluding carboxylic acids is 1. The smallest absolute Gasteiger partial charge is 0.238 e. The number of hydrogen-bond donors (Lipinski definition) is 3. The summed E-state index contributed by atoms with van der Waals surface area (Å²) in [6, 6.07) is 0. The Kier molecular flexibility index (Phi) is 2.78. The molecule has 2 heterocycles. The van der Waals surface area contributed by atoms with Crippen molar-refractivity contribution in [3.8, 4) is 0 Å². The van der Waals surface area contributed by atoms with Crippen molar-refractivity contribution in [1.29, 1.82) is 0 Å². The van der Waals surface area contributed by atoms with Gasteiger partial charge in [0.05, 0.1) is 0 Å². The largest absolute Gasteiger partial charge is 0.368 e. The Morgan fingerprint density at radius 2 is 1.72 bits per heavy atom. The molecule has 1 aliphatic rings. The molecule has 1 fully saturated rings. The zero-order valence-corrected chi connectivity index (χ0v) is 9.96. The standard InChI is InChI=1S/C7H11N7O3S/c8-5-11-6(9)13-7(12-5)14-2-3(1-4(14)15)18(10,16)17/h3H,1-2H2,(H2,10,16,17)(H4,8,9,11,12,13). The zero-order chi connectivity index (χ0) is 13.5. The van der Waals surface area contributed by atoms with Gasteiger partial charge in [-0.25, -0.2) is 13.6 Å². The molecule has 10 nitrogen and oxygen atoms in total. The molecule has 18 heavy (non-hydrogen) atoms. The maximum Gasteiger partial charge on any atom is 0.238 e. The van der Waals surface area contributed by atoms with Crippen LogP contribution in [0.1, 0.15) is 6.42 Å². The molecule has 1 saturated heterocycles. The van der Waals surface area contributed by atoms with Gasteiger partial charge >= 0.3 is 0 Å². The summed E-state index contributed by atoms with van der Waals surface area (Å²) >= 11 is 0. The van der Waals surface area contributed by atoms with Crippen LogP contribution in [0.3, 0.4) is 0 Å². The van der Waals surface area contributed by atoms with Crippen LogP contribution < -0.4 is 21.5 Å². The van der Waals surface area contributed by atoms with Gasteiger partial charge in [0.15, 0.2) is 0 Å². The fraction of sp³-hybridized carbons (Fsp3) is 0.429. The van der Waals surface area contributed by atoms with E-state index in [0.717, 1.165) is 4.90 Å². The number of nitrogens with two attached hydrogens (primary N) is 3. The molecule has 0 saturated carbocycles. The molecule has 1 aliphatic heterocycles. The van der Waals surface area contributed by atoms with Crippen LogP contribution in [0.4, 0.5) is 17.8 Å². The van der Waals surface area contributed by atoms with Crippen molar-refractivity contribution in [2.45, 2.75) is 11.7 Å². The van der Waals surface area contributed by atoms with Crippen molar-refractivity contribution in [3.05, 3.63) is 0 Å². The van der Waals surface area contributed by atoms with Gasteiger partial charge in [-0.05, 0) is 0 Å². The second-order valence-electron chi connectivity index (χ2n) is 3.77. The topological polar surface area (TPSA) is 171 Å². The molecule has 0 aromatic carbocycles. The summed E-state index contributed by atoms with van der Waals surface area (Å²) in [5.41, 5.74) is 10.7. The minimum Gasteiger partial charge on any atom is -0.368 e. The average molecular weight is 273 g/mol. The highest BCUT2D eigenvalue weighted by Crippen LogP contribution is 2.21. The van der Waals surface area contributed by atoms with E-state index in [0.29, 0.717) is 0 Å². The van der Waals surface area contributed by atoms with E-state index < -0.39 is 21.2 Å².